The number of carbonyl (C=O) groups excluding carboxylic acids is 1. The Kier molecular flexibility index (Phi) is 4.42. The lowest BCUT2D eigenvalue weighted by Gasteiger charge is -2.37. The van der Waals surface area contributed by atoms with Gasteiger partial charge in [0.25, 0.3) is 5.91 Å². The van der Waals surface area contributed by atoms with Crippen molar-refractivity contribution in [1.82, 2.24) is 14.9 Å². The van der Waals surface area contributed by atoms with E-state index in [1.54, 1.807) is 29.9 Å². The Hall–Kier alpha value is -2.38. The van der Waals surface area contributed by atoms with Gasteiger partial charge >= 0.3 is 0 Å². The van der Waals surface area contributed by atoms with Gasteiger partial charge in [0.1, 0.15) is 5.76 Å². The van der Waals surface area contributed by atoms with Crippen LogP contribution < -0.4 is 5.32 Å². The second-order valence-corrected chi connectivity index (χ2v) is 7.33. The maximum Gasteiger partial charge on any atom is 0.287 e. The standard InChI is InChI=1S/C18H19N3O3S/c22-13-8-12(9-13)17(16-2-1-7-25-16)20-18(23)15-4-3-14(24-15)10-21-6-5-19-11-21/h1-7,11-13,17,22H,8-10H2,(H,20,23). The van der Waals surface area contributed by atoms with Gasteiger partial charge in [0.15, 0.2) is 5.76 Å². The van der Waals surface area contributed by atoms with Crippen LogP contribution in [-0.4, -0.2) is 26.7 Å². The quantitative estimate of drug-likeness (QED) is 0.711. The van der Waals surface area contributed by atoms with Crippen molar-refractivity contribution in [3.63, 3.8) is 0 Å². The van der Waals surface area contributed by atoms with Crippen LogP contribution in [0.2, 0.25) is 0 Å². The van der Waals surface area contributed by atoms with E-state index < -0.39 is 0 Å². The molecule has 1 aliphatic rings. The summed E-state index contributed by atoms with van der Waals surface area (Å²) in [7, 11) is 0. The Morgan fingerprint density at radius 1 is 1.44 bits per heavy atom. The summed E-state index contributed by atoms with van der Waals surface area (Å²) in [5.74, 6) is 1.04. The molecule has 25 heavy (non-hydrogen) atoms. The zero-order valence-electron chi connectivity index (χ0n) is 13.5. The first-order valence-corrected chi connectivity index (χ1v) is 9.14. The molecule has 1 atom stereocenters. The van der Waals surface area contributed by atoms with Crippen molar-refractivity contribution in [2.45, 2.75) is 31.5 Å². The topological polar surface area (TPSA) is 80.3 Å². The largest absolute Gasteiger partial charge is 0.454 e. The number of aliphatic hydroxyl groups excluding tert-OH is 1. The third-order valence-corrected chi connectivity index (χ3v) is 5.50. The highest BCUT2D eigenvalue weighted by atomic mass is 32.1. The molecule has 0 spiro atoms. The number of aliphatic hydroxyl groups is 1. The zero-order valence-corrected chi connectivity index (χ0v) is 14.4. The molecule has 4 rings (SSSR count). The Morgan fingerprint density at radius 2 is 2.32 bits per heavy atom. The molecule has 130 valence electrons. The van der Waals surface area contributed by atoms with E-state index in [-0.39, 0.29) is 24.0 Å². The predicted molar refractivity (Wildman–Crippen MR) is 93.3 cm³/mol. The molecular weight excluding hydrogens is 338 g/mol. The van der Waals surface area contributed by atoms with Crippen LogP contribution in [0.25, 0.3) is 0 Å². The fourth-order valence-electron chi connectivity index (χ4n) is 3.15. The van der Waals surface area contributed by atoms with Crippen molar-refractivity contribution in [3.8, 4) is 0 Å². The van der Waals surface area contributed by atoms with Gasteiger partial charge in [0.05, 0.1) is 25.0 Å². The van der Waals surface area contributed by atoms with Gasteiger partial charge in [-0.3, -0.25) is 4.79 Å². The minimum atomic E-state index is -0.255. The average Bonchev–Trinajstić information content (AvgIpc) is 3.31. The second kappa shape index (κ2) is 6.85. The highest BCUT2D eigenvalue weighted by molar-refractivity contribution is 7.10. The van der Waals surface area contributed by atoms with Crippen molar-refractivity contribution in [2.24, 2.45) is 5.92 Å². The van der Waals surface area contributed by atoms with Gasteiger partial charge in [0, 0.05) is 17.3 Å². The summed E-state index contributed by atoms with van der Waals surface area (Å²) in [5, 5.41) is 14.7. The smallest absolute Gasteiger partial charge is 0.287 e. The third kappa shape index (κ3) is 3.52. The fourth-order valence-corrected chi connectivity index (χ4v) is 4.02. The Bertz CT molecular complexity index is 820. The van der Waals surface area contributed by atoms with E-state index in [0.717, 1.165) is 4.88 Å². The van der Waals surface area contributed by atoms with E-state index in [1.165, 1.54) is 0 Å². The number of nitrogens with one attached hydrogen (secondary N) is 1. The molecule has 0 aromatic carbocycles. The molecule has 7 heteroatoms. The Balaban J connectivity index is 1.45. The van der Waals surface area contributed by atoms with Crippen LogP contribution in [0.15, 0.2) is 52.8 Å². The second-order valence-electron chi connectivity index (χ2n) is 6.35. The van der Waals surface area contributed by atoms with Crippen molar-refractivity contribution < 1.29 is 14.3 Å². The number of thiophene rings is 1. The van der Waals surface area contributed by atoms with Crippen LogP contribution in [0.4, 0.5) is 0 Å². The molecule has 1 unspecified atom stereocenters. The first kappa shape index (κ1) is 16.1. The number of amides is 1. The molecule has 0 bridgehead atoms. The number of hydrogen-bond acceptors (Lipinski definition) is 5. The fraction of sp³-hybridized carbons (Fsp3) is 0.333. The number of furan rings is 1. The normalized spacial score (nSPS) is 20.8. The van der Waals surface area contributed by atoms with E-state index in [1.807, 2.05) is 34.3 Å². The van der Waals surface area contributed by atoms with Crippen molar-refractivity contribution in [3.05, 3.63) is 64.8 Å². The number of nitrogens with zero attached hydrogens (tertiary/aromatic N) is 2. The van der Waals surface area contributed by atoms with Gasteiger partial charge in [-0.1, -0.05) is 6.07 Å². The lowest BCUT2D eigenvalue weighted by Crippen LogP contribution is -2.41. The predicted octanol–water partition coefficient (Wildman–Crippen LogP) is 2.83. The van der Waals surface area contributed by atoms with Crippen LogP contribution in [0.3, 0.4) is 0 Å². The lowest BCUT2D eigenvalue weighted by atomic mass is 9.76. The van der Waals surface area contributed by atoms with Crippen LogP contribution in [0, 0.1) is 5.92 Å². The SMILES string of the molecule is O=C(NC(c1cccs1)C1CC(O)C1)c1ccc(Cn2ccnc2)o1. The average molecular weight is 357 g/mol. The molecule has 3 aromatic heterocycles. The van der Waals surface area contributed by atoms with Gasteiger partial charge in [-0.15, -0.1) is 11.3 Å². The molecule has 2 N–H and O–H groups in total. The molecule has 1 aliphatic carbocycles. The maximum atomic E-state index is 12.6. The van der Waals surface area contributed by atoms with E-state index in [9.17, 15) is 9.90 Å². The van der Waals surface area contributed by atoms with E-state index >= 15 is 0 Å². The first-order chi connectivity index (χ1) is 12.2. The van der Waals surface area contributed by atoms with Gasteiger partial charge in [-0.2, -0.15) is 0 Å². The Labute approximate surface area is 149 Å². The van der Waals surface area contributed by atoms with Gasteiger partial charge in [-0.05, 0) is 42.3 Å². The molecule has 1 saturated carbocycles. The molecule has 3 aromatic rings. The minimum Gasteiger partial charge on any atom is -0.454 e. The van der Waals surface area contributed by atoms with Gasteiger partial charge in [-0.25, -0.2) is 4.98 Å². The summed E-state index contributed by atoms with van der Waals surface area (Å²) in [6, 6.07) is 7.42. The molecule has 6 nitrogen and oxygen atoms in total. The molecular formula is C18H19N3O3S. The highest BCUT2D eigenvalue weighted by Crippen LogP contribution is 2.39. The van der Waals surface area contributed by atoms with Crippen LogP contribution in [-0.2, 0) is 6.54 Å². The molecule has 1 fully saturated rings. The van der Waals surface area contributed by atoms with Crippen molar-refractivity contribution in [2.75, 3.05) is 0 Å². The summed E-state index contributed by atoms with van der Waals surface area (Å²) in [6.07, 6.45) is 6.43. The molecule has 3 heterocycles. The lowest BCUT2D eigenvalue weighted by molar-refractivity contribution is 0.0238. The van der Waals surface area contributed by atoms with Crippen molar-refractivity contribution in [1.29, 1.82) is 0 Å². The highest BCUT2D eigenvalue weighted by Gasteiger charge is 2.36. The van der Waals surface area contributed by atoms with Crippen molar-refractivity contribution >= 4 is 17.2 Å². The number of imidazole rings is 1. The summed E-state index contributed by atoms with van der Waals surface area (Å²) in [4.78, 5) is 17.7. The number of hydrogen-bond donors (Lipinski definition) is 2. The number of carbonyl (C=O) groups is 1. The summed E-state index contributed by atoms with van der Waals surface area (Å²) in [5.41, 5.74) is 0. The summed E-state index contributed by atoms with van der Waals surface area (Å²) < 4.78 is 7.56. The first-order valence-electron chi connectivity index (χ1n) is 8.26. The van der Waals surface area contributed by atoms with E-state index in [0.29, 0.717) is 30.9 Å². The zero-order chi connectivity index (χ0) is 17.2. The molecule has 0 radical (unpaired) electrons. The third-order valence-electron chi connectivity index (χ3n) is 4.54. The van der Waals surface area contributed by atoms with Crippen LogP contribution in [0.1, 0.15) is 40.1 Å². The van der Waals surface area contributed by atoms with Crippen LogP contribution in [0.5, 0.6) is 0 Å². The molecule has 1 amide bonds. The number of rotatable bonds is 6. The summed E-state index contributed by atoms with van der Waals surface area (Å²) in [6.45, 7) is 0.538. The molecule has 0 aliphatic heterocycles. The minimum absolute atomic E-state index is 0.0851. The van der Waals surface area contributed by atoms with Gasteiger partial charge < -0.3 is 19.4 Å². The summed E-state index contributed by atoms with van der Waals surface area (Å²) >= 11 is 1.62. The van der Waals surface area contributed by atoms with E-state index in [4.69, 9.17) is 4.42 Å². The monoisotopic (exact) mass is 357 g/mol. The molecule has 0 saturated heterocycles. The Morgan fingerprint density at radius 3 is 3.00 bits per heavy atom. The van der Waals surface area contributed by atoms with E-state index in [2.05, 4.69) is 10.3 Å². The van der Waals surface area contributed by atoms with Crippen LogP contribution >= 0.6 is 11.3 Å². The number of aromatic nitrogens is 2. The maximum absolute atomic E-state index is 12.6. The van der Waals surface area contributed by atoms with Gasteiger partial charge in [0.2, 0.25) is 0 Å².